The molecule has 2 rings (SSSR count). The van der Waals surface area contributed by atoms with Crippen molar-refractivity contribution in [1.82, 2.24) is 10.3 Å². The van der Waals surface area contributed by atoms with Crippen LogP contribution in [0.3, 0.4) is 0 Å². The highest BCUT2D eigenvalue weighted by Crippen LogP contribution is 2.29. The molecule has 0 aliphatic rings. The van der Waals surface area contributed by atoms with Gasteiger partial charge in [-0.25, -0.2) is 9.37 Å². The van der Waals surface area contributed by atoms with Gasteiger partial charge in [-0.15, -0.1) is 0 Å². The smallest absolute Gasteiger partial charge is 0.224 e. The molecule has 1 heterocycles. The lowest BCUT2D eigenvalue weighted by Gasteiger charge is -2.13. The number of hydrogen-bond donors (Lipinski definition) is 1. The number of ether oxygens (including phenoxy) is 1. The Kier molecular flexibility index (Phi) is 4.73. The molecular formula is C15H16BrFN2O. The Morgan fingerprint density at radius 3 is 2.65 bits per heavy atom. The molecule has 1 N–H and O–H groups in total. The molecule has 0 aliphatic carbocycles. The van der Waals surface area contributed by atoms with Crippen molar-refractivity contribution in [2.75, 3.05) is 7.05 Å². The van der Waals surface area contributed by atoms with Crippen LogP contribution in [0.5, 0.6) is 11.6 Å². The molecule has 1 aromatic heterocycles. The average Bonchev–Trinajstić information content (AvgIpc) is 2.32. The Labute approximate surface area is 126 Å². The Balaban J connectivity index is 2.41. The minimum absolute atomic E-state index is 0.353. The Morgan fingerprint density at radius 2 is 2.00 bits per heavy atom. The molecule has 0 radical (unpaired) electrons. The topological polar surface area (TPSA) is 34.2 Å². The summed E-state index contributed by atoms with van der Waals surface area (Å²) in [6.45, 7) is 4.56. The van der Waals surface area contributed by atoms with Crippen LogP contribution in [0.2, 0.25) is 0 Å². The number of pyridine rings is 1. The van der Waals surface area contributed by atoms with E-state index in [0.717, 1.165) is 16.8 Å². The zero-order valence-electron chi connectivity index (χ0n) is 11.6. The van der Waals surface area contributed by atoms with Crippen LogP contribution in [0.1, 0.15) is 16.8 Å². The molecule has 0 saturated carbocycles. The molecule has 3 nitrogen and oxygen atoms in total. The summed E-state index contributed by atoms with van der Waals surface area (Å²) in [4.78, 5) is 4.41. The van der Waals surface area contributed by atoms with E-state index < -0.39 is 0 Å². The first-order valence-electron chi connectivity index (χ1n) is 6.25. The molecule has 0 saturated heterocycles. The third-order valence-electron chi connectivity index (χ3n) is 2.84. The summed E-state index contributed by atoms with van der Waals surface area (Å²) in [6.07, 6.45) is 0. The fourth-order valence-electron chi connectivity index (χ4n) is 2.00. The molecule has 0 fully saturated rings. The van der Waals surface area contributed by atoms with E-state index in [0.29, 0.717) is 22.6 Å². The lowest BCUT2D eigenvalue weighted by molar-refractivity contribution is 0.447. The lowest BCUT2D eigenvalue weighted by Crippen LogP contribution is -2.09. The van der Waals surface area contributed by atoms with E-state index in [1.165, 1.54) is 12.1 Å². The summed E-state index contributed by atoms with van der Waals surface area (Å²) < 4.78 is 19.8. The zero-order chi connectivity index (χ0) is 14.7. The van der Waals surface area contributed by atoms with Crippen LogP contribution in [0.15, 0.2) is 28.7 Å². The number of hydrogen-bond acceptors (Lipinski definition) is 3. The fourth-order valence-corrected chi connectivity index (χ4v) is 2.45. The van der Waals surface area contributed by atoms with Gasteiger partial charge in [0.1, 0.15) is 11.6 Å². The minimum atomic E-state index is -0.353. The molecular weight excluding hydrogens is 323 g/mol. The maximum absolute atomic E-state index is 13.4. The van der Waals surface area contributed by atoms with Crippen molar-refractivity contribution in [2.45, 2.75) is 20.4 Å². The number of aryl methyl sites for hydroxylation is 2. The predicted octanol–water partition coefficient (Wildman–Crippen LogP) is 4.11. The van der Waals surface area contributed by atoms with E-state index >= 15 is 0 Å². The Hall–Kier alpha value is -1.46. The highest BCUT2D eigenvalue weighted by Gasteiger charge is 2.11. The molecule has 5 heteroatoms. The van der Waals surface area contributed by atoms with E-state index in [1.54, 1.807) is 6.07 Å². The van der Waals surface area contributed by atoms with E-state index in [1.807, 2.05) is 27.0 Å². The molecule has 1 aromatic carbocycles. The molecule has 106 valence electrons. The number of halogens is 2. The first-order valence-corrected chi connectivity index (χ1v) is 7.04. The molecule has 0 bridgehead atoms. The second-order valence-electron chi connectivity index (χ2n) is 4.60. The highest BCUT2D eigenvalue weighted by atomic mass is 79.9. The molecule has 0 aliphatic heterocycles. The fraction of sp³-hybridized carbons (Fsp3) is 0.267. The standard InChI is InChI=1S/C15H16BrFN2O/c1-9-4-10(2)19-15(14(9)8-18-3)20-13-6-11(16)5-12(17)7-13/h4-7,18H,8H2,1-3H3. The van der Waals surface area contributed by atoms with Gasteiger partial charge < -0.3 is 10.1 Å². The van der Waals surface area contributed by atoms with E-state index in [-0.39, 0.29) is 5.82 Å². The molecule has 0 unspecified atom stereocenters. The normalized spacial score (nSPS) is 10.7. The summed E-state index contributed by atoms with van der Waals surface area (Å²) >= 11 is 3.25. The quantitative estimate of drug-likeness (QED) is 0.910. The van der Waals surface area contributed by atoms with Crippen molar-refractivity contribution in [2.24, 2.45) is 0 Å². The van der Waals surface area contributed by atoms with Crippen molar-refractivity contribution >= 4 is 15.9 Å². The largest absolute Gasteiger partial charge is 0.439 e. The lowest BCUT2D eigenvalue weighted by atomic mass is 10.1. The van der Waals surface area contributed by atoms with Gasteiger partial charge in [0, 0.05) is 28.3 Å². The van der Waals surface area contributed by atoms with Crippen LogP contribution in [0.4, 0.5) is 4.39 Å². The first-order chi connectivity index (χ1) is 9.49. The second-order valence-corrected chi connectivity index (χ2v) is 5.52. The molecule has 0 amide bonds. The highest BCUT2D eigenvalue weighted by molar-refractivity contribution is 9.10. The average molecular weight is 339 g/mol. The van der Waals surface area contributed by atoms with Gasteiger partial charge in [-0.3, -0.25) is 0 Å². The number of aromatic nitrogens is 1. The molecule has 0 spiro atoms. The summed E-state index contributed by atoms with van der Waals surface area (Å²) in [5.74, 6) is 0.579. The molecule has 2 aromatic rings. The number of nitrogens with one attached hydrogen (secondary N) is 1. The summed E-state index contributed by atoms with van der Waals surface area (Å²) in [5, 5.41) is 3.09. The number of rotatable bonds is 4. The Morgan fingerprint density at radius 1 is 1.25 bits per heavy atom. The minimum Gasteiger partial charge on any atom is -0.439 e. The first kappa shape index (κ1) is 14.9. The zero-order valence-corrected chi connectivity index (χ0v) is 13.2. The third kappa shape index (κ3) is 3.55. The maximum atomic E-state index is 13.4. The SMILES string of the molecule is CNCc1c(C)cc(C)nc1Oc1cc(F)cc(Br)c1. The predicted molar refractivity (Wildman–Crippen MR) is 80.6 cm³/mol. The number of benzene rings is 1. The summed E-state index contributed by atoms with van der Waals surface area (Å²) in [7, 11) is 1.86. The monoisotopic (exact) mass is 338 g/mol. The van der Waals surface area contributed by atoms with Gasteiger partial charge in [0.25, 0.3) is 0 Å². The van der Waals surface area contributed by atoms with Gasteiger partial charge in [-0.1, -0.05) is 15.9 Å². The molecule has 0 atom stereocenters. The van der Waals surface area contributed by atoms with Crippen LogP contribution < -0.4 is 10.1 Å². The van der Waals surface area contributed by atoms with Gasteiger partial charge in [-0.2, -0.15) is 0 Å². The van der Waals surface area contributed by atoms with Gasteiger partial charge in [0.2, 0.25) is 5.88 Å². The second kappa shape index (κ2) is 6.33. The van der Waals surface area contributed by atoms with Crippen molar-refractivity contribution in [3.63, 3.8) is 0 Å². The summed E-state index contributed by atoms with van der Waals surface area (Å²) in [5.41, 5.74) is 2.93. The Bertz CT molecular complexity index is 611. The van der Waals surface area contributed by atoms with Gasteiger partial charge in [-0.05, 0) is 44.7 Å². The van der Waals surface area contributed by atoms with E-state index in [4.69, 9.17) is 4.74 Å². The van der Waals surface area contributed by atoms with Crippen LogP contribution in [-0.2, 0) is 6.54 Å². The van der Waals surface area contributed by atoms with Crippen molar-refractivity contribution in [3.8, 4) is 11.6 Å². The van der Waals surface area contributed by atoms with Gasteiger partial charge >= 0.3 is 0 Å². The van der Waals surface area contributed by atoms with Gasteiger partial charge in [0.05, 0.1) is 0 Å². The van der Waals surface area contributed by atoms with Crippen LogP contribution >= 0.6 is 15.9 Å². The molecule has 20 heavy (non-hydrogen) atoms. The van der Waals surface area contributed by atoms with Crippen molar-refractivity contribution in [3.05, 3.63) is 51.4 Å². The van der Waals surface area contributed by atoms with Crippen LogP contribution in [0.25, 0.3) is 0 Å². The van der Waals surface area contributed by atoms with E-state index in [2.05, 4.69) is 26.2 Å². The van der Waals surface area contributed by atoms with Crippen LogP contribution in [-0.4, -0.2) is 12.0 Å². The summed E-state index contributed by atoms with van der Waals surface area (Å²) in [6, 6.07) is 6.44. The third-order valence-corrected chi connectivity index (χ3v) is 3.30. The number of nitrogens with zero attached hydrogens (tertiary/aromatic N) is 1. The maximum Gasteiger partial charge on any atom is 0.224 e. The van der Waals surface area contributed by atoms with Crippen molar-refractivity contribution < 1.29 is 9.13 Å². The van der Waals surface area contributed by atoms with Crippen molar-refractivity contribution in [1.29, 1.82) is 0 Å². The van der Waals surface area contributed by atoms with E-state index in [9.17, 15) is 4.39 Å². The van der Waals surface area contributed by atoms with Crippen LogP contribution in [0, 0.1) is 19.7 Å². The van der Waals surface area contributed by atoms with Gasteiger partial charge in [0.15, 0.2) is 0 Å².